The van der Waals surface area contributed by atoms with Gasteiger partial charge in [0, 0.05) is 4.88 Å². The molecule has 0 bridgehead atoms. The molecule has 1 N–H and O–H groups in total. The van der Waals surface area contributed by atoms with Crippen LogP contribution in [0.1, 0.15) is 40.9 Å². The first-order valence-corrected chi connectivity index (χ1v) is 6.96. The lowest BCUT2D eigenvalue weighted by Crippen LogP contribution is -1.97. The fraction of sp³-hybridized carbons (Fsp3) is 0.286. The second-order valence-corrected chi connectivity index (χ2v) is 6.24. The van der Waals surface area contributed by atoms with Crippen LogP contribution in [-0.4, -0.2) is 5.11 Å². The molecule has 0 aliphatic heterocycles. The Labute approximate surface area is 110 Å². The molecule has 0 saturated heterocycles. The van der Waals surface area contributed by atoms with E-state index >= 15 is 0 Å². The largest absolute Gasteiger partial charge is 0.383 e. The highest BCUT2D eigenvalue weighted by atomic mass is 35.5. The van der Waals surface area contributed by atoms with Crippen LogP contribution in [0.15, 0.2) is 36.4 Å². The van der Waals surface area contributed by atoms with Gasteiger partial charge in [-0.05, 0) is 42.0 Å². The van der Waals surface area contributed by atoms with Crippen LogP contribution in [0, 0.1) is 0 Å². The third kappa shape index (κ3) is 2.39. The fourth-order valence-electron chi connectivity index (χ4n) is 2.04. The molecular weight excluding hydrogens is 252 g/mol. The maximum Gasteiger partial charge on any atom is 0.113 e. The Morgan fingerprint density at radius 2 is 2.06 bits per heavy atom. The topological polar surface area (TPSA) is 20.2 Å². The number of aliphatic hydroxyl groups is 1. The summed E-state index contributed by atoms with van der Waals surface area (Å²) in [4.78, 5) is 0.906. The van der Waals surface area contributed by atoms with Crippen LogP contribution in [0.25, 0.3) is 0 Å². The van der Waals surface area contributed by atoms with Gasteiger partial charge in [-0.15, -0.1) is 11.3 Å². The van der Waals surface area contributed by atoms with Crippen LogP contribution < -0.4 is 0 Å². The molecule has 1 unspecified atom stereocenters. The molecule has 0 spiro atoms. The van der Waals surface area contributed by atoms with Crippen molar-refractivity contribution in [2.45, 2.75) is 24.9 Å². The van der Waals surface area contributed by atoms with Gasteiger partial charge in [-0.3, -0.25) is 0 Å². The molecule has 1 aromatic carbocycles. The Hall–Kier alpha value is -0.830. The van der Waals surface area contributed by atoms with Crippen molar-refractivity contribution in [3.05, 3.63) is 56.7 Å². The van der Waals surface area contributed by atoms with Gasteiger partial charge in [-0.1, -0.05) is 35.9 Å². The van der Waals surface area contributed by atoms with E-state index in [-0.39, 0.29) is 0 Å². The lowest BCUT2D eigenvalue weighted by atomic mass is 10.0. The summed E-state index contributed by atoms with van der Waals surface area (Å²) in [5.74, 6) is 0.717. The molecule has 1 aliphatic carbocycles. The van der Waals surface area contributed by atoms with Gasteiger partial charge >= 0.3 is 0 Å². The molecule has 0 radical (unpaired) electrons. The average Bonchev–Trinajstić information content (AvgIpc) is 3.11. The van der Waals surface area contributed by atoms with Crippen molar-refractivity contribution < 1.29 is 5.11 Å². The first-order valence-electron chi connectivity index (χ1n) is 5.77. The van der Waals surface area contributed by atoms with Crippen molar-refractivity contribution in [1.82, 2.24) is 0 Å². The predicted octanol–water partition coefficient (Wildman–Crippen LogP) is 4.36. The van der Waals surface area contributed by atoms with Gasteiger partial charge in [0.15, 0.2) is 0 Å². The highest BCUT2D eigenvalue weighted by Gasteiger charge is 2.24. The Bertz CT molecular complexity index is 531. The number of halogens is 1. The minimum Gasteiger partial charge on any atom is -0.383 e. The van der Waals surface area contributed by atoms with Crippen molar-refractivity contribution in [2.24, 2.45) is 0 Å². The highest BCUT2D eigenvalue weighted by molar-refractivity contribution is 7.16. The summed E-state index contributed by atoms with van der Waals surface area (Å²) in [5.41, 5.74) is 2.32. The van der Waals surface area contributed by atoms with Gasteiger partial charge in [-0.25, -0.2) is 0 Å². The van der Waals surface area contributed by atoms with E-state index in [1.165, 1.54) is 29.7 Å². The molecule has 3 heteroatoms. The number of benzene rings is 1. The molecule has 1 aromatic heterocycles. The molecule has 3 rings (SSSR count). The van der Waals surface area contributed by atoms with Crippen molar-refractivity contribution in [3.8, 4) is 0 Å². The van der Waals surface area contributed by atoms with E-state index in [0.717, 1.165) is 14.8 Å². The van der Waals surface area contributed by atoms with E-state index in [1.807, 2.05) is 24.3 Å². The van der Waals surface area contributed by atoms with Gasteiger partial charge in [-0.2, -0.15) is 0 Å². The van der Waals surface area contributed by atoms with Crippen molar-refractivity contribution in [2.75, 3.05) is 0 Å². The van der Waals surface area contributed by atoms with Gasteiger partial charge < -0.3 is 5.11 Å². The second-order valence-electron chi connectivity index (χ2n) is 4.49. The number of hydrogen-bond acceptors (Lipinski definition) is 2. The van der Waals surface area contributed by atoms with Gasteiger partial charge in [0.1, 0.15) is 6.10 Å². The van der Waals surface area contributed by atoms with E-state index in [1.54, 1.807) is 0 Å². The monoisotopic (exact) mass is 264 g/mol. The van der Waals surface area contributed by atoms with Gasteiger partial charge in [0.05, 0.1) is 4.34 Å². The molecule has 88 valence electrons. The SMILES string of the molecule is OC(c1cccc(C2CC2)c1)c1ccc(Cl)s1. The molecule has 1 fully saturated rings. The van der Waals surface area contributed by atoms with Crippen LogP contribution in [0.4, 0.5) is 0 Å². The van der Waals surface area contributed by atoms with E-state index in [2.05, 4.69) is 12.1 Å². The Kier molecular flexibility index (Phi) is 2.95. The average molecular weight is 265 g/mol. The van der Waals surface area contributed by atoms with Crippen molar-refractivity contribution in [1.29, 1.82) is 0 Å². The van der Waals surface area contributed by atoms with Crippen LogP contribution in [0.5, 0.6) is 0 Å². The predicted molar refractivity (Wildman–Crippen MR) is 71.8 cm³/mol. The molecule has 1 atom stereocenters. The lowest BCUT2D eigenvalue weighted by molar-refractivity contribution is 0.224. The first-order chi connectivity index (χ1) is 8.24. The first kappa shape index (κ1) is 11.3. The third-order valence-corrected chi connectivity index (χ3v) is 4.42. The van der Waals surface area contributed by atoms with Crippen LogP contribution in [-0.2, 0) is 0 Å². The van der Waals surface area contributed by atoms with E-state index in [0.29, 0.717) is 5.92 Å². The molecule has 17 heavy (non-hydrogen) atoms. The fourth-order valence-corrected chi connectivity index (χ4v) is 3.11. The normalized spacial score (nSPS) is 17.1. The Morgan fingerprint density at radius 3 is 2.71 bits per heavy atom. The number of rotatable bonds is 3. The number of aliphatic hydroxyl groups excluding tert-OH is 1. The van der Waals surface area contributed by atoms with E-state index < -0.39 is 6.10 Å². The maximum absolute atomic E-state index is 10.3. The van der Waals surface area contributed by atoms with Crippen molar-refractivity contribution >= 4 is 22.9 Å². The summed E-state index contributed by atoms with van der Waals surface area (Å²) in [7, 11) is 0. The third-order valence-electron chi connectivity index (χ3n) is 3.14. The minimum absolute atomic E-state index is 0.550. The molecule has 0 amide bonds. The number of thiophene rings is 1. The quantitative estimate of drug-likeness (QED) is 0.873. The van der Waals surface area contributed by atoms with E-state index in [9.17, 15) is 5.11 Å². The molecule has 1 saturated carbocycles. The second kappa shape index (κ2) is 4.45. The lowest BCUT2D eigenvalue weighted by Gasteiger charge is -2.10. The zero-order valence-electron chi connectivity index (χ0n) is 9.27. The van der Waals surface area contributed by atoms with Crippen molar-refractivity contribution in [3.63, 3.8) is 0 Å². The van der Waals surface area contributed by atoms with Crippen LogP contribution in [0.3, 0.4) is 0 Å². The molecule has 1 heterocycles. The smallest absolute Gasteiger partial charge is 0.113 e. The standard InChI is InChI=1S/C14H13ClOS/c15-13-7-6-12(17-13)14(16)11-3-1-2-10(8-11)9-4-5-9/h1-3,6-9,14,16H,4-5H2. The summed E-state index contributed by atoms with van der Waals surface area (Å²) < 4.78 is 0.720. The summed E-state index contributed by atoms with van der Waals surface area (Å²) in [6, 6.07) is 12.0. The Balaban J connectivity index is 1.89. The summed E-state index contributed by atoms with van der Waals surface area (Å²) in [6.45, 7) is 0. The van der Waals surface area contributed by atoms with Crippen LogP contribution >= 0.6 is 22.9 Å². The molecule has 1 nitrogen and oxygen atoms in total. The molecule has 1 aliphatic rings. The number of hydrogen-bond donors (Lipinski definition) is 1. The molecule has 2 aromatic rings. The summed E-state index contributed by atoms with van der Waals surface area (Å²) in [6.07, 6.45) is 2.01. The maximum atomic E-state index is 10.3. The zero-order chi connectivity index (χ0) is 11.8. The minimum atomic E-state index is -0.550. The summed E-state index contributed by atoms with van der Waals surface area (Å²) in [5, 5.41) is 10.3. The van der Waals surface area contributed by atoms with Gasteiger partial charge in [0.2, 0.25) is 0 Å². The zero-order valence-corrected chi connectivity index (χ0v) is 10.8. The highest BCUT2D eigenvalue weighted by Crippen LogP contribution is 2.41. The van der Waals surface area contributed by atoms with E-state index in [4.69, 9.17) is 11.6 Å². The Morgan fingerprint density at radius 1 is 1.24 bits per heavy atom. The van der Waals surface area contributed by atoms with Gasteiger partial charge in [0.25, 0.3) is 0 Å². The van der Waals surface area contributed by atoms with Crippen LogP contribution in [0.2, 0.25) is 4.34 Å². The molecular formula is C14H13ClOS. The summed E-state index contributed by atoms with van der Waals surface area (Å²) >= 11 is 7.33.